The quantitative estimate of drug-likeness (QED) is 0.801. The van der Waals surface area contributed by atoms with E-state index in [0.29, 0.717) is 45.0 Å². The molecule has 2 saturated heterocycles. The van der Waals surface area contributed by atoms with Crippen molar-refractivity contribution in [1.82, 2.24) is 9.80 Å². The van der Waals surface area contributed by atoms with E-state index in [1.165, 1.54) is 0 Å². The van der Waals surface area contributed by atoms with Gasteiger partial charge in [-0.05, 0) is 30.3 Å². The van der Waals surface area contributed by atoms with Gasteiger partial charge in [-0.3, -0.25) is 9.69 Å². The molecule has 1 aromatic carbocycles. The van der Waals surface area contributed by atoms with Crippen LogP contribution in [0, 0.1) is 0 Å². The topological polar surface area (TPSA) is 64.4 Å². The van der Waals surface area contributed by atoms with E-state index in [2.05, 4.69) is 4.90 Å². The zero-order chi connectivity index (χ0) is 19.4. The molecule has 7 heteroatoms. The molecule has 2 aliphatic rings. The van der Waals surface area contributed by atoms with Crippen LogP contribution in [0.3, 0.4) is 0 Å². The molecule has 2 aliphatic heterocycles. The predicted molar refractivity (Wildman–Crippen MR) is 102 cm³/mol. The summed E-state index contributed by atoms with van der Waals surface area (Å²) in [6.07, 6.45) is 3.46. The number of rotatable bonds is 4. The van der Waals surface area contributed by atoms with Gasteiger partial charge in [-0.1, -0.05) is 0 Å². The van der Waals surface area contributed by atoms with E-state index in [0.717, 1.165) is 24.4 Å². The van der Waals surface area contributed by atoms with Crippen LogP contribution in [-0.4, -0.2) is 74.4 Å². The highest BCUT2D eigenvalue weighted by atomic mass is 16.5. The molecule has 2 fully saturated rings. The zero-order valence-corrected chi connectivity index (χ0v) is 16.1. The maximum Gasteiger partial charge on any atom is 0.254 e. The lowest BCUT2D eigenvalue weighted by atomic mass is 10.0. The summed E-state index contributed by atoms with van der Waals surface area (Å²) < 4.78 is 22.4. The highest BCUT2D eigenvalue weighted by Crippen LogP contribution is 2.25. The third-order valence-corrected chi connectivity index (χ3v) is 5.29. The molecule has 1 unspecified atom stereocenters. The minimum absolute atomic E-state index is 0.0110. The maximum absolute atomic E-state index is 13.1. The summed E-state index contributed by atoms with van der Waals surface area (Å²) in [4.78, 5) is 17.2. The number of carbonyl (C=O) groups excluding carboxylic acids is 1. The second-order valence-corrected chi connectivity index (χ2v) is 7.38. The summed E-state index contributed by atoms with van der Waals surface area (Å²) in [5, 5.41) is 0. The second kappa shape index (κ2) is 8.34. The van der Waals surface area contributed by atoms with Gasteiger partial charge in [0.2, 0.25) is 0 Å². The van der Waals surface area contributed by atoms with Crippen LogP contribution < -0.4 is 4.74 Å². The summed E-state index contributed by atoms with van der Waals surface area (Å²) in [6, 6.07) is 9.19. The maximum atomic E-state index is 13.1. The molecule has 1 spiro atoms. The van der Waals surface area contributed by atoms with Gasteiger partial charge in [-0.15, -0.1) is 0 Å². The molecular weight excluding hydrogens is 360 g/mol. The summed E-state index contributed by atoms with van der Waals surface area (Å²) in [5.41, 5.74) is 1.27. The Hall–Kier alpha value is -2.35. The number of benzene rings is 1. The lowest BCUT2D eigenvalue weighted by Crippen LogP contribution is -2.59. The molecule has 150 valence electrons. The number of nitrogens with zero attached hydrogens (tertiary/aromatic N) is 2. The van der Waals surface area contributed by atoms with E-state index < -0.39 is 5.60 Å². The first-order valence-electron chi connectivity index (χ1n) is 9.56. The van der Waals surface area contributed by atoms with E-state index in [9.17, 15) is 4.79 Å². The molecule has 3 heterocycles. The second-order valence-electron chi connectivity index (χ2n) is 7.38. The van der Waals surface area contributed by atoms with Gasteiger partial charge in [-0.25, -0.2) is 0 Å². The van der Waals surface area contributed by atoms with Crippen LogP contribution in [0.1, 0.15) is 15.9 Å². The number of amides is 1. The van der Waals surface area contributed by atoms with Crippen molar-refractivity contribution in [3.8, 4) is 5.75 Å². The summed E-state index contributed by atoms with van der Waals surface area (Å²) in [5.74, 6) is 0.723. The summed E-state index contributed by atoms with van der Waals surface area (Å²) >= 11 is 0. The third kappa shape index (κ3) is 4.22. The van der Waals surface area contributed by atoms with Crippen LogP contribution in [0.5, 0.6) is 5.75 Å². The van der Waals surface area contributed by atoms with Crippen molar-refractivity contribution >= 4 is 5.91 Å². The smallest absolute Gasteiger partial charge is 0.254 e. The van der Waals surface area contributed by atoms with E-state index in [1.807, 2.05) is 11.0 Å². The Balaban J connectivity index is 1.47. The van der Waals surface area contributed by atoms with Crippen molar-refractivity contribution in [1.29, 1.82) is 0 Å². The molecule has 1 aromatic heterocycles. The average Bonchev–Trinajstić information content (AvgIpc) is 3.15. The molecule has 0 saturated carbocycles. The third-order valence-electron chi connectivity index (χ3n) is 5.29. The van der Waals surface area contributed by atoms with E-state index in [1.54, 1.807) is 43.9 Å². The summed E-state index contributed by atoms with van der Waals surface area (Å²) in [6.45, 7) is 5.04. The standard InChI is InChI=1S/C21H26N2O5/c1-25-19-4-2-18(3-5-19)20(24)23-8-10-27-16-21(15-23)14-22(7-11-28-21)12-17-6-9-26-13-17/h2-6,9,13H,7-8,10-12,14-16H2,1H3. The van der Waals surface area contributed by atoms with Gasteiger partial charge in [0.25, 0.3) is 5.91 Å². The SMILES string of the molecule is COc1ccc(C(=O)N2CCOCC3(CN(Cc4ccoc4)CCO3)C2)cc1. The molecule has 28 heavy (non-hydrogen) atoms. The van der Waals surface area contributed by atoms with Crippen LogP contribution in [0.15, 0.2) is 47.3 Å². The normalized spacial score (nSPS) is 23.5. The number of methoxy groups -OCH3 is 1. The fraction of sp³-hybridized carbons (Fsp3) is 0.476. The number of hydrogen-bond acceptors (Lipinski definition) is 6. The van der Waals surface area contributed by atoms with Crippen molar-refractivity contribution in [2.75, 3.05) is 53.1 Å². The lowest BCUT2D eigenvalue weighted by Gasteiger charge is -2.43. The van der Waals surface area contributed by atoms with E-state index in [4.69, 9.17) is 18.6 Å². The summed E-state index contributed by atoms with van der Waals surface area (Å²) in [7, 11) is 1.61. The van der Waals surface area contributed by atoms with Gasteiger partial charge < -0.3 is 23.5 Å². The molecule has 1 atom stereocenters. The Bertz CT molecular complexity index is 777. The van der Waals surface area contributed by atoms with Crippen LogP contribution >= 0.6 is 0 Å². The van der Waals surface area contributed by atoms with E-state index >= 15 is 0 Å². The Kier molecular flexibility index (Phi) is 5.66. The predicted octanol–water partition coefficient (Wildman–Crippen LogP) is 2.03. The number of ether oxygens (including phenoxy) is 3. The highest BCUT2D eigenvalue weighted by Gasteiger charge is 2.41. The van der Waals surface area contributed by atoms with Gasteiger partial charge >= 0.3 is 0 Å². The van der Waals surface area contributed by atoms with Crippen LogP contribution in [0.25, 0.3) is 0 Å². The van der Waals surface area contributed by atoms with Crippen LogP contribution in [-0.2, 0) is 16.0 Å². The van der Waals surface area contributed by atoms with Gasteiger partial charge in [0, 0.05) is 37.3 Å². The fourth-order valence-electron chi connectivity index (χ4n) is 3.88. The van der Waals surface area contributed by atoms with Gasteiger partial charge in [-0.2, -0.15) is 0 Å². The number of furan rings is 1. The monoisotopic (exact) mass is 386 g/mol. The largest absolute Gasteiger partial charge is 0.497 e. The molecule has 7 nitrogen and oxygen atoms in total. The Labute approximate surface area is 164 Å². The van der Waals surface area contributed by atoms with Crippen LogP contribution in [0.4, 0.5) is 0 Å². The molecule has 0 radical (unpaired) electrons. The molecular formula is C21H26N2O5. The van der Waals surface area contributed by atoms with Crippen molar-refractivity contribution < 1.29 is 23.4 Å². The number of morpholine rings is 1. The Morgan fingerprint density at radius 3 is 2.75 bits per heavy atom. The number of hydrogen-bond donors (Lipinski definition) is 0. The Morgan fingerprint density at radius 2 is 2.00 bits per heavy atom. The van der Waals surface area contributed by atoms with Crippen molar-refractivity contribution in [2.45, 2.75) is 12.1 Å². The molecule has 1 amide bonds. The van der Waals surface area contributed by atoms with E-state index in [-0.39, 0.29) is 5.91 Å². The first-order chi connectivity index (χ1) is 13.7. The first-order valence-corrected chi connectivity index (χ1v) is 9.56. The zero-order valence-electron chi connectivity index (χ0n) is 16.1. The van der Waals surface area contributed by atoms with Crippen LogP contribution in [0.2, 0.25) is 0 Å². The lowest BCUT2D eigenvalue weighted by molar-refractivity contribution is -0.141. The minimum atomic E-state index is -0.513. The van der Waals surface area contributed by atoms with Gasteiger partial charge in [0.05, 0.1) is 46.0 Å². The van der Waals surface area contributed by atoms with Gasteiger partial charge in [0.1, 0.15) is 11.4 Å². The molecule has 2 aromatic rings. The first kappa shape index (κ1) is 19.0. The van der Waals surface area contributed by atoms with Gasteiger partial charge in [0.15, 0.2) is 0 Å². The van der Waals surface area contributed by atoms with Crippen molar-refractivity contribution in [3.63, 3.8) is 0 Å². The molecule has 0 aliphatic carbocycles. The van der Waals surface area contributed by atoms with Crippen molar-refractivity contribution in [3.05, 3.63) is 54.0 Å². The molecule has 4 rings (SSSR count). The Morgan fingerprint density at radius 1 is 1.14 bits per heavy atom. The minimum Gasteiger partial charge on any atom is -0.497 e. The van der Waals surface area contributed by atoms with Crippen molar-refractivity contribution in [2.24, 2.45) is 0 Å². The molecule has 0 bridgehead atoms. The average molecular weight is 386 g/mol. The molecule has 0 N–H and O–H groups in total. The fourth-order valence-corrected chi connectivity index (χ4v) is 3.88. The number of carbonyl (C=O) groups is 1. The highest BCUT2D eigenvalue weighted by molar-refractivity contribution is 5.94.